The Labute approximate surface area is 120 Å². The van der Waals surface area contributed by atoms with E-state index in [2.05, 4.69) is 40.8 Å². The summed E-state index contributed by atoms with van der Waals surface area (Å²) < 4.78 is 32.5. The average Bonchev–Trinajstić information content (AvgIpc) is 2.18. The van der Waals surface area contributed by atoms with Gasteiger partial charge in [0, 0.05) is 6.61 Å². The van der Waals surface area contributed by atoms with Crippen LogP contribution in [-0.2, 0) is 18.7 Å². The van der Waals surface area contributed by atoms with E-state index in [0.717, 1.165) is 25.7 Å². The second-order valence-corrected chi connectivity index (χ2v) is 13.3. The van der Waals surface area contributed by atoms with Crippen molar-refractivity contribution in [2.45, 2.75) is 58.7 Å². The molecule has 0 bridgehead atoms. The lowest BCUT2D eigenvalue weighted by Crippen LogP contribution is -2.41. The van der Waals surface area contributed by atoms with Crippen LogP contribution >= 0.6 is 0 Å². The summed E-state index contributed by atoms with van der Waals surface area (Å²) in [6, 6.07) is 0. The molecule has 0 N–H and O–H groups in total. The van der Waals surface area contributed by atoms with E-state index in [1.807, 2.05) is 0 Å². The first kappa shape index (κ1) is 19.1. The Balaban J connectivity index is 3.91. The van der Waals surface area contributed by atoms with Gasteiger partial charge >= 0.3 is 0 Å². The molecule has 0 rings (SSSR count). The molecule has 6 heteroatoms. The highest BCUT2D eigenvalue weighted by molar-refractivity contribution is 7.85. The Morgan fingerprint density at radius 2 is 1.74 bits per heavy atom. The fourth-order valence-electron chi connectivity index (χ4n) is 1.29. The van der Waals surface area contributed by atoms with Gasteiger partial charge in [-0.15, -0.1) is 0 Å². The van der Waals surface area contributed by atoms with Gasteiger partial charge in [0.2, 0.25) is 0 Å². The Hall–Kier alpha value is 0.0869. The maximum Gasteiger partial charge on any atom is 0.264 e. The molecule has 0 aromatic rings. The first-order valence-electron chi connectivity index (χ1n) is 6.83. The van der Waals surface area contributed by atoms with Crippen LogP contribution in [0.5, 0.6) is 0 Å². The third kappa shape index (κ3) is 8.78. The van der Waals surface area contributed by atoms with E-state index in [4.69, 9.17) is 8.61 Å². The normalized spacial score (nSPS) is 15.5. The zero-order chi connectivity index (χ0) is 15.3. The lowest BCUT2D eigenvalue weighted by atomic mass is 10.1. The van der Waals surface area contributed by atoms with E-state index in [0.29, 0.717) is 5.92 Å². The third-order valence-electron chi connectivity index (χ3n) is 3.67. The maximum absolute atomic E-state index is 10.8. The predicted molar refractivity (Wildman–Crippen MR) is 82.3 cm³/mol. The molecule has 19 heavy (non-hydrogen) atoms. The maximum atomic E-state index is 10.8. The summed E-state index contributed by atoms with van der Waals surface area (Å²) in [5.41, 5.74) is 0. The first-order valence-corrected chi connectivity index (χ1v) is 11.6. The second-order valence-electron chi connectivity index (χ2n) is 6.84. The summed E-state index contributed by atoms with van der Waals surface area (Å²) in [6.07, 6.45) is 2.75. The van der Waals surface area contributed by atoms with Gasteiger partial charge in [-0.2, -0.15) is 8.42 Å². The first-order chi connectivity index (χ1) is 8.35. The molecule has 0 amide bonds. The van der Waals surface area contributed by atoms with Crippen molar-refractivity contribution in [2.75, 3.05) is 19.5 Å². The van der Waals surface area contributed by atoms with E-state index in [1.54, 1.807) is 0 Å². The summed E-state index contributed by atoms with van der Waals surface area (Å²) in [5, 5.41) is 0.228. The topological polar surface area (TPSA) is 52.6 Å². The van der Waals surface area contributed by atoms with Crippen molar-refractivity contribution < 1.29 is 17.0 Å². The summed E-state index contributed by atoms with van der Waals surface area (Å²) in [5.74, 6) is 0.428. The van der Waals surface area contributed by atoms with Crippen molar-refractivity contribution in [1.29, 1.82) is 0 Å². The molecule has 0 fully saturated rings. The lowest BCUT2D eigenvalue weighted by Gasteiger charge is -2.37. The lowest BCUT2D eigenvalue weighted by molar-refractivity contribution is 0.219. The fraction of sp³-hybridized carbons (Fsp3) is 1.00. The van der Waals surface area contributed by atoms with Gasteiger partial charge in [0.05, 0.1) is 12.9 Å². The van der Waals surface area contributed by atoms with Crippen LogP contribution in [0, 0.1) is 5.92 Å². The van der Waals surface area contributed by atoms with Crippen molar-refractivity contribution in [2.24, 2.45) is 5.92 Å². The Morgan fingerprint density at radius 1 is 1.21 bits per heavy atom. The molecule has 4 nitrogen and oxygen atoms in total. The highest BCUT2D eigenvalue weighted by Crippen LogP contribution is 2.36. The van der Waals surface area contributed by atoms with E-state index < -0.39 is 18.4 Å². The van der Waals surface area contributed by atoms with Crippen molar-refractivity contribution in [3.05, 3.63) is 0 Å². The molecule has 0 radical (unpaired) electrons. The molecule has 0 heterocycles. The molecule has 1 unspecified atom stereocenters. The minimum atomic E-state index is -3.30. The number of hydrogen-bond acceptors (Lipinski definition) is 4. The van der Waals surface area contributed by atoms with Crippen LogP contribution in [0.25, 0.3) is 0 Å². The zero-order valence-corrected chi connectivity index (χ0v) is 15.3. The van der Waals surface area contributed by atoms with Crippen LogP contribution in [0.1, 0.15) is 40.5 Å². The predicted octanol–water partition coefficient (Wildman–Crippen LogP) is 3.40. The molecule has 0 saturated heterocycles. The Morgan fingerprint density at radius 3 is 2.16 bits per heavy atom. The summed E-state index contributed by atoms with van der Waals surface area (Å²) in [4.78, 5) is 0. The van der Waals surface area contributed by atoms with Crippen molar-refractivity contribution in [1.82, 2.24) is 0 Å². The molecule has 0 aliphatic heterocycles. The van der Waals surface area contributed by atoms with Crippen LogP contribution in [0.4, 0.5) is 0 Å². The SMILES string of the molecule is CC(CCCOS(C)(=O)=O)CO[Si](C)(C)C(C)(C)C. The summed E-state index contributed by atoms with van der Waals surface area (Å²) >= 11 is 0. The van der Waals surface area contributed by atoms with Gasteiger partial charge in [0.25, 0.3) is 10.1 Å². The van der Waals surface area contributed by atoms with Crippen LogP contribution in [0.2, 0.25) is 18.1 Å². The van der Waals surface area contributed by atoms with Gasteiger partial charge in [-0.05, 0) is 36.9 Å². The van der Waals surface area contributed by atoms with E-state index in [-0.39, 0.29) is 11.6 Å². The Bertz CT molecular complexity index is 357. The van der Waals surface area contributed by atoms with Gasteiger partial charge in [0.1, 0.15) is 0 Å². The molecule has 116 valence electrons. The average molecular weight is 311 g/mol. The molecule has 0 spiro atoms. The number of rotatable bonds is 8. The van der Waals surface area contributed by atoms with Crippen molar-refractivity contribution in [3.8, 4) is 0 Å². The smallest absolute Gasteiger partial charge is 0.264 e. The van der Waals surface area contributed by atoms with Gasteiger partial charge in [-0.25, -0.2) is 0 Å². The molecule has 0 aliphatic carbocycles. The van der Waals surface area contributed by atoms with Crippen LogP contribution in [-0.4, -0.2) is 36.2 Å². The molecule has 0 aromatic heterocycles. The van der Waals surface area contributed by atoms with Crippen molar-refractivity contribution >= 4 is 18.4 Å². The van der Waals surface area contributed by atoms with E-state index in [9.17, 15) is 8.42 Å². The van der Waals surface area contributed by atoms with Gasteiger partial charge in [-0.3, -0.25) is 4.18 Å². The largest absolute Gasteiger partial charge is 0.417 e. The quantitative estimate of drug-likeness (QED) is 0.392. The molecular weight excluding hydrogens is 280 g/mol. The second kappa shape index (κ2) is 7.20. The van der Waals surface area contributed by atoms with Crippen LogP contribution in [0.15, 0.2) is 0 Å². The summed E-state index contributed by atoms with van der Waals surface area (Å²) in [6.45, 7) is 14.3. The minimum absolute atomic E-state index is 0.228. The molecule has 1 atom stereocenters. The van der Waals surface area contributed by atoms with Gasteiger partial charge < -0.3 is 4.43 Å². The molecular formula is C13H30O4SSi. The summed E-state index contributed by atoms with van der Waals surface area (Å²) in [7, 11) is -4.97. The molecule has 0 saturated carbocycles. The highest BCUT2D eigenvalue weighted by Gasteiger charge is 2.37. The van der Waals surface area contributed by atoms with E-state index >= 15 is 0 Å². The standard InChI is InChI=1S/C13H30O4SSi/c1-12(9-8-10-16-18(5,14)15)11-17-19(6,7)13(2,3)4/h12H,8-11H2,1-7H3. The van der Waals surface area contributed by atoms with E-state index in [1.165, 1.54) is 0 Å². The van der Waals surface area contributed by atoms with Gasteiger partial charge in [0.15, 0.2) is 8.32 Å². The third-order valence-corrected chi connectivity index (χ3v) is 8.77. The van der Waals surface area contributed by atoms with Gasteiger partial charge in [-0.1, -0.05) is 27.7 Å². The molecule has 0 aromatic carbocycles. The highest BCUT2D eigenvalue weighted by atomic mass is 32.2. The monoisotopic (exact) mass is 310 g/mol. The Kier molecular flexibility index (Phi) is 7.23. The minimum Gasteiger partial charge on any atom is -0.417 e. The van der Waals surface area contributed by atoms with Crippen LogP contribution in [0.3, 0.4) is 0 Å². The zero-order valence-electron chi connectivity index (χ0n) is 13.4. The van der Waals surface area contributed by atoms with Crippen molar-refractivity contribution in [3.63, 3.8) is 0 Å². The fourth-order valence-corrected chi connectivity index (χ4v) is 2.85. The molecule has 0 aliphatic rings. The number of hydrogen-bond donors (Lipinski definition) is 0. The van der Waals surface area contributed by atoms with Crippen LogP contribution < -0.4 is 0 Å².